The summed E-state index contributed by atoms with van der Waals surface area (Å²) in [7, 11) is 4.49. The highest BCUT2D eigenvalue weighted by Gasteiger charge is 2.20. The molecule has 31 heavy (non-hydrogen) atoms. The lowest BCUT2D eigenvalue weighted by atomic mass is 10.1. The average molecular weight is 437 g/mol. The van der Waals surface area contributed by atoms with Gasteiger partial charge in [-0.25, -0.2) is 0 Å². The number of hydrogen-bond acceptors (Lipinski definition) is 3. The molecule has 4 heteroatoms. The van der Waals surface area contributed by atoms with Gasteiger partial charge in [-0.1, -0.05) is 39.0 Å². The fourth-order valence-electron chi connectivity index (χ4n) is 3.99. The van der Waals surface area contributed by atoms with Crippen LogP contribution in [0.2, 0.25) is 0 Å². The molecule has 0 aliphatic heterocycles. The Balaban J connectivity index is 2.22. The molecule has 0 aliphatic carbocycles. The number of rotatable bonds is 9. The summed E-state index contributed by atoms with van der Waals surface area (Å²) < 4.78 is 16.8. The summed E-state index contributed by atoms with van der Waals surface area (Å²) in [5.41, 5.74) is 3.71. The van der Waals surface area contributed by atoms with E-state index in [1.807, 2.05) is 0 Å². The third-order valence-electron chi connectivity index (χ3n) is 5.71. The lowest BCUT2D eigenvalue weighted by molar-refractivity contribution is 0.410. The topological polar surface area (TPSA) is 27.7 Å². The fourth-order valence-corrected chi connectivity index (χ4v) is 6.41. The molecule has 0 heterocycles. The molecule has 0 radical (unpaired) electrons. The second-order valence-corrected chi connectivity index (χ2v) is 9.60. The maximum absolute atomic E-state index is 5.59. The van der Waals surface area contributed by atoms with Crippen molar-refractivity contribution in [3.05, 3.63) is 71.3 Å². The van der Waals surface area contributed by atoms with Crippen LogP contribution >= 0.6 is 7.92 Å². The molecule has 0 saturated carbocycles. The van der Waals surface area contributed by atoms with Crippen LogP contribution in [-0.4, -0.2) is 21.3 Å². The summed E-state index contributed by atoms with van der Waals surface area (Å²) in [5, 5.41) is 3.98. The highest BCUT2D eigenvalue weighted by atomic mass is 31.1. The number of ether oxygens (including phenoxy) is 3. The summed E-state index contributed by atoms with van der Waals surface area (Å²) >= 11 is 0. The molecule has 0 saturated heterocycles. The van der Waals surface area contributed by atoms with E-state index >= 15 is 0 Å². The van der Waals surface area contributed by atoms with E-state index in [1.165, 1.54) is 32.6 Å². The van der Waals surface area contributed by atoms with Gasteiger partial charge in [0.1, 0.15) is 17.2 Å². The number of methoxy groups -OCH3 is 3. The molecule has 0 aromatic heterocycles. The summed E-state index contributed by atoms with van der Waals surface area (Å²) in [6.45, 7) is 6.53. The molecular formula is C27H33O3P. The first-order valence-corrected chi connectivity index (χ1v) is 12.2. The van der Waals surface area contributed by atoms with E-state index in [4.69, 9.17) is 14.2 Å². The van der Waals surface area contributed by atoms with Gasteiger partial charge in [-0.3, -0.25) is 0 Å². The van der Waals surface area contributed by atoms with Gasteiger partial charge in [-0.05, 0) is 96.2 Å². The molecule has 3 nitrogen and oxygen atoms in total. The Bertz CT molecular complexity index is 897. The lowest BCUT2D eigenvalue weighted by Gasteiger charge is -2.23. The highest BCUT2D eigenvalue weighted by Crippen LogP contribution is 2.37. The largest absolute Gasteiger partial charge is 0.496 e. The Hall–Kier alpha value is -2.51. The molecule has 3 aromatic carbocycles. The Morgan fingerprint density at radius 1 is 0.516 bits per heavy atom. The predicted octanol–water partition coefficient (Wildman–Crippen LogP) is 5.16. The SMILES string of the molecule is CCc1cc(P(c2ccc(OC)c(CC)c2)c2ccc(OC)c(CC)c2)ccc1OC. The molecule has 0 amide bonds. The first-order valence-electron chi connectivity index (χ1n) is 10.9. The summed E-state index contributed by atoms with van der Waals surface area (Å²) in [4.78, 5) is 0. The number of benzene rings is 3. The van der Waals surface area contributed by atoms with Crippen molar-refractivity contribution in [2.24, 2.45) is 0 Å². The Morgan fingerprint density at radius 3 is 1.03 bits per heavy atom. The zero-order valence-electron chi connectivity index (χ0n) is 19.5. The van der Waals surface area contributed by atoms with E-state index in [0.717, 1.165) is 36.5 Å². The molecule has 0 spiro atoms. The second kappa shape index (κ2) is 10.7. The van der Waals surface area contributed by atoms with Crippen LogP contribution in [0.4, 0.5) is 0 Å². The van der Waals surface area contributed by atoms with Gasteiger partial charge in [0.05, 0.1) is 21.3 Å². The van der Waals surface area contributed by atoms with Crippen molar-refractivity contribution in [1.82, 2.24) is 0 Å². The van der Waals surface area contributed by atoms with Gasteiger partial charge in [0.25, 0.3) is 0 Å². The van der Waals surface area contributed by atoms with Crippen molar-refractivity contribution >= 4 is 23.8 Å². The van der Waals surface area contributed by atoms with E-state index in [2.05, 4.69) is 75.4 Å². The highest BCUT2D eigenvalue weighted by molar-refractivity contribution is 7.79. The van der Waals surface area contributed by atoms with Crippen LogP contribution < -0.4 is 30.1 Å². The third kappa shape index (κ3) is 4.88. The minimum atomic E-state index is -0.731. The van der Waals surface area contributed by atoms with Crippen molar-refractivity contribution in [1.29, 1.82) is 0 Å². The molecule has 0 bridgehead atoms. The normalized spacial score (nSPS) is 10.9. The van der Waals surface area contributed by atoms with Gasteiger partial charge in [-0.15, -0.1) is 0 Å². The first kappa shape index (κ1) is 23.2. The van der Waals surface area contributed by atoms with Gasteiger partial charge in [0, 0.05) is 0 Å². The zero-order chi connectivity index (χ0) is 22.4. The predicted molar refractivity (Wildman–Crippen MR) is 133 cm³/mol. The lowest BCUT2D eigenvalue weighted by Crippen LogP contribution is -2.22. The second-order valence-electron chi connectivity index (χ2n) is 7.38. The maximum Gasteiger partial charge on any atom is 0.122 e. The van der Waals surface area contributed by atoms with Crippen LogP contribution in [0, 0.1) is 0 Å². The van der Waals surface area contributed by atoms with Crippen LogP contribution in [0.25, 0.3) is 0 Å². The molecule has 0 fully saturated rings. The van der Waals surface area contributed by atoms with E-state index in [9.17, 15) is 0 Å². The van der Waals surface area contributed by atoms with Crippen molar-refractivity contribution in [3.8, 4) is 17.2 Å². The molecular weight excluding hydrogens is 403 g/mol. The van der Waals surface area contributed by atoms with Crippen LogP contribution in [0.1, 0.15) is 37.5 Å². The fraction of sp³-hybridized carbons (Fsp3) is 0.333. The van der Waals surface area contributed by atoms with E-state index in [0.29, 0.717) is 0 Å². The van der Waals surface area contributed by atoms with Crippen LogP contribution in [0.3, 0.4) is 0 Å². The summed E-state index contributed by atoms with van der Waals surface area (Å²) in [6, 6.07) is 19.9. The first-order chi connectivity index (χ1) is 15.1. The zero-order valence-corrected chi connectivity index (χ0v) is 20.4. The maximum atomic E-state index is 5.59. The van der Waals surface area contributed by atoms with Crippen LogP contribution in [0.15, 0.2) is 54.6 Å². The van der Waals surface area contributed by atoms with Gasteiger partial charge in [0.2, 0.25) is 0 Å². The van der Waals surface area contributed by atoms with Crippen molar-refractivity contribution in [2.45, 2.75) is 40.0 Å². The summed E-state index contributed by atoms with van der Waals surface area (Å²) in [5.74, 6) is 2.86. The van der Waals surface area contributed by atoms with E-state index < -0.39 is 7.92 Å². The average Bonchev–Trinajstić information content (AvgIpc) is 2.83. The Labute approximate surface area is 188 Å². The Morgan fingerprint density at radius 2 is 0.806 bits per heavy atom. The smallest absolute Gasteiger partial charge is 0.122 e. The third-order valence-corrected chi connectivity index (χ3v) is 8.09. The van der Waals surface area contributed by atoms with Gasteiger partial charge < -0.3 is 14.2 Å². The van der Waals surface area contributed by atoms with Gasteiger partial charge >= 0.3 is 0 Å². The Kier molecular flexibility index (Phi) is 7.98. The van der Waals surface area contributed by atoms with Crippen molar-refractivity contribution < 1.29 is 14.2 Å². The van der Waals surface area contributed by atoms with Crippen LogP contribution in [-0.2, 0) is 19.3 Å². The molecule has 0 unspecified atom stereocenters. The minimum absolute atomic E-state index is 0.731. The van der Waals surface area contributed by atoms with Gasteiger partial charge in [-0.2, -0.15) is 0 Å². The quantitative estimate of drug-likeness (QED) is 0.434. The molecule has 3 aromatic rings. The van der Waals surface area contributed by atoms with Crippen LogP contribution in [0.5, 0.6) is 17.2 Å². The minimum Gasteiger partial charge on any atom is -0.496 e. The molecule has 0 atom stereocenters. The molecule has 0 N–H and O–H groups in total. The van der Waals surface area contributed by atoms with Crippen molar-refractivity contribution in [3.63, 3.8) is 0 Å². The van der Waals surface area contributed by atoms with Gasteiger partial charge in [0.15, 0.2) is 0 Å². The van der Waals surface area contributed by atoms with E-state index in [1.54, 1.807) is 21.3 Å². The summed E-state index contributed by atoms with van der Waals surface area (Å²) in [6.07, 6.45) is 2.81. The number of aryl methyl sites for hydroxylation is 3. The monoisotopic (exact) mass is 436 g/mol. The molecule has 164 valence electrons. The molecule has 3 rings (SSSR count). The van der Waals surface area contributed by atoms with Crippen molar-refractivity contribution in [2.75, 3.05) is 21.3 Å². The molecule has 0 aliphatic rings. The van der Waals surface area contributed by atoms with E-state index in [-0.39, 0.29) is 0 Å². The number of hydrogen-bond donors (Lipinski definition) is 0. The standard InChI is InChI=1S/C27H33O3P/c1-7-19-16-22(10-13-25(19)28-4)31(23-11-14-26(29-5)20(8-2)17-23)24-12-15-27(30-6)21(9-3)18-24/h10-18H,7-9H2,1-6H3.